The van der Waals surface area contributed by atoms with Crippen LogP contribution in [-0.4, -0.2) is 83.4 Å². The minimum atomic E-state index is 0.547. The van der Waals surface area contributed by atoms with Gasteiger partial charge >= 0.3 is 0 Å². The van der Waals surface area contributed by atoms with Crippen molar-refractivity contribution < 1.29 is 4.74 Å². The molecule has 5 heterocycles. The van der Waals surface area contributed by atoms with E-state index in [1.165, 1.54) is 17.7 Å². The second-order valence-corrected chi connectivity index (χ2v) is 9.39. The third kappa shape index (κ3) is 4.05. The van der Waals surface area contributed by atoms with E-state index in [4.69, 9.17) is 4.74 Å². The van der Waals surface area contributed by atoms with Gasteiger partial charge in [0.25, 0.3) is 0 Å². The van der Waals surface area contributed by atoms with Crippen molar-refractivity contribution in [3.8, 4) is 11.4 Å². The Labute approximate surface area is 199 Å². The molecule has 1 aromatic carbocycles. The normalized spacial score (nSPS) is 22.4. The number of hydrogen-bond acceptors (Lipinski definition) is 9. The molecule has 2 atom stereocenters. The monoisotopic (exact) mass is 458 g/mol. The van der Waals surface area contributed by atoms with Gasteiger partial charge in [-0.05, 0) is 50.2 Å². The zero-order chi connectivity index (χ0) is 23.1. The summed E-state index contributed by atoms with van der Waals surface area (Å²) in [6, 6.07) is 9.69. The fourth-order valence-corrected chi connectivity index (χ4v) is 5.32. The lowest BCUT2D eigenvalue weighted by atomic mass is 10.1. The maximum Gasteiger partial charge on any atom is 0.227 e. The molecule has 2 unspecified atom stereocenters. The molecule has 1 N–H and O–H groups in total. The standard InChI is InChI=1S/C25H30N8O/c1-17-11-18(3-4-23(17)33-16-19-12-20(33)15-31(19)2)29-25-26-6-5-21(30-25)22-13-28-24(14-27-22)32-7-9-34-10-8-32/h3-6,11,13-14,19-20H,7-10,12,15-16H2,1-2H3,(H,26,29,30). The lowest BCUT2D eigenvalue weighted by Crippen LogP contribution is -2.44. The fourth-order valence-electron chi connectivity index (χ4n) is 5.32. The van der Waals surface area contributed by atoms with Gasteiger partial charge in [0.2, 0.25) is 5.95 Å². The number of nitrogens with one attached hydrogen (secondary N) is 1. The van der Waals surface area contributed by atoms with Gasteiger partial charge in [0.05, 0.1) is 31.3 Å². The third-order valence-electron chi connectivity index (χ3n) is 7.17. The quantitative estimate of drug-likeness (QED) is 0.620. The van der Waals surface area contributed by atoms with Crippen molar-refractivity contribution in [2.24, 2.45) is 0 Å². The minimum absolute atomic E-state index is 0.547. The number of morpholine rings is 1. The van der Waals surface area contributed by atoms with Gasteiger partial charge in [-0.2, -0.15) is 0 Å². The van der Waals surface area contributed by atoms with Crippen LogP contribution < -0.4 is 15.1 Å². The van der Waals surface area contributed by atoms with Crippen molar-refractivity contribution in [3.63, 3.8) is 0 Å². The number of piperazine rings is 1. The van der Waals surface area contributed by atoms with Gasteiger partial charge < -0.3 is 19.9 Å². The van der Waals surface area contributed by atoms with Crippen LogP contribution in [-0.2, 0) is 4.74 Å². The Morgan fingerprint density at radius 3 is 2.56 bits per heavy atom. The molecule has 3 aromatic rings. The molecule has 6 rings (SSSR count). The molecule has 2 bridgehead atoms. The van der Waals surface area contributed by atoms with E-state index in [1.807, 2.05) is 6.07 Å². The number of anilines is 4. The molecule has 3 aliphatic rings. The molecule has 0 radical (unpaired) electrons. The zero-order valence-corrected chi connectivity index (χ0v) is 19.7. The largest absolute Gasteiger partial charge is 0.378 e. The van der Waals surface area contributed by atoms with Crippen LogP contribution in [0.1, 0.15) is 12.0 Å². The Hall–Kier alpha value is -3.30. The van der Waals surface area contributed by atoms with E-state index in [-0.39, 0.29) is 0 Å². The molecule has 2 aromatic heterocycles. The molecular formula is C25H30N8O. The van der Waals surface area contributed by atoms with Crippen LogP contribution in [0.2, 0.25) is 0 Å². The van der Waals surface area contributed by atoms with E-state index >= 15 is 0 Å². The fraction of sp³-hybridized carbons (Fsp3) is 0.440. The molecule has 0 spiro atoms. The Morgan fingerprint density at radius 1 is 0.971 bits per heavy atom. The van der Waals surface area contributed by atoms with E-state index < -0.39 is 0 Å². The van der Waals surface area contributed by atoms with Gasteiger partial charge in [0.1, 0.15) is 11.5 Å². The van der Waals surface area contributed by atoms with Gasteiger partial charge in [0, 0.05) is 55.8 Å². The topological polar surface area (TPSA) is 82.5 Å². The molecule has 34 heavy (non-hydrogen) atoms. The average Bonchev–Trinajstić information content (AvgIpc) is 3.45. The van der Waals surface area contributed by atoms with Gasteiger partial charge in [-0.25, -0.2) is 19.9 Å². The number of ether oxygens (including phenoxy) is 1. The van der Waals surface area contributed by atoms with E-state index in [1.54, 1.807) is 18.6 Å². The molecule has 176 valence electrons. The second-order valence-electron chi connectivity index (χ2n) is 9.39. The number of nitrogens with zero attached hydrogens (tertiary/aromatic N) is 7. The molecular weight excluding hydrogens is 428 g/mol. The highest BCUT2D eigenvalue weighted by molar-refractivity contribution is 5.65. The molecule has 3 saturated heterocycles. The van der Waals surface area contributed by atoms with E-state index in [2.05, 4.69) is 72.1 Å². The predicted octanol–water partition coefficient (Wildman–Crippen LogP) is 2.71. The number of likely N-dealkylation sites (tertiary alicyclic amines) is 1. The van der Waals surface area contributed by atoms with Gasteiger partial charge in [-0.3, -0.25) is 4.90 Å². The first-order valence-electron chi connectivity index (χ1n) is 12.0. The SMILES string of the molecule is Cc1cc(Nc2nccc(-c3cnc(N4CCOCC4)cn3)n2)ccc1N1CC2CC1CN2C. The summed E-state index contributed by atoms with van der Waals surface area (Å²) in [6.07, 6.45) is 6.60. The molecule has 3 aliphatic heterocycles. The molecule has 9 heteroatoms. The van der Waals surface area contributed by atoms with Crippen LogP contribution in [0.15, 0.2) is 42.9 Å². The molecule has 9 nitrogen and oxygen atoms in total. The number of aromatic nitrogens is 4. The Balaban J connectivity index is 1.16. The summed E-state index contributed by atoms with van der Waals surface area (Å²) in [7, 11) is 2.24. The van der Waals surface area contributed by atoms with Crippen molar-refractivity contribution >= 4 is 23.1 Å². The highest BCUT2D eigenvalue weighted by Gasteiger charge is 2.41. The summed E-state index contributed by atoms with van der Waals surface area (Å²) in [4.78, 5) is 25.5. The van der Waals surface area contributed by atoms with Crippen molar-refractivity contribution in [1.29, 1.82) is 0 Å². The highest BCUT2D eigenvalue weighted by atomic mass is 16.5. The molecule has 0 saturated carbocycles. The van der Waals surface area contributed by atoms with Crippen LogP contribution in [0, 0.1) is 6.92 Å². The Kier molecular flexibility index (Phi) is 5.50. The number of rotatable bonds is 5. The number of fused-ring (bicyclic) bond motifs is 2. The number of likely N-dealkylation sites (N-methyl/N-ethyl adjacent to an activating group) is 1. The van der Waals surface area contributed by atoms with Gasteiger partial charge in [-0.15, -0.1) is 0 Å². The molecule has 0 aliphatic carbocycles. The van der Waals surface area contributed by atoms with Crippen LogP contribution >= 0.6 is 0 Å². The average molecular weight is 459 g/mol. The summed E-state index contributed by atoms with van der Waals surface area (Å²) in [5.74, 6) is 1.42. The lowest BCUT2D eigenvalue weighted by Gasteiger charge is -2.34. The van der Waals surface area contributed by atoms with E-state index in [9.17, 15) is 0 Å². The number of aryl methyl sites for hydroxylation is 1. The van der Waals surface area contributed by atoms with Gasteiger partial charge in [-0.1, -0.05) is 0 Å². The van der Waals surface area contributed by atoms with E-state index in [0.29, 0.717) is 18.0 Å². The van der Waals surface area contributed by atoms with Gasteiger partial charge in [0.15, 0.2) is 0 Å². The first-order valence-corrected chi connectivity index (χ1v) is 12.0. The number of benzene rings is 1. The van der Waals surface area contributed by atoms with Crippen LogP contribution in [0.25, 0.3) is 11.4 Å². The summed E-state index contributed by atoms with van der Waals surface area (Å²) in [6.45, 7) is 7.57. The maximum atomic E-state index is 5.41. The summed E-state index contributed by atoms with van der Waals surface area (Å²) in [5, 5.41) is 3.36. The lowest BCUT2D eigenvalue weighted by molar-refractivity contribution is 0.122. The van der Waals surface area contributed by atoms with Crippen molar-refractivity contribution in [1.82, 2.24) is 24.8 Å². The van der Waals surface area contributed by atoms with Crippen molar-refractivity contribution in [2.45, 2.75) is 25.4 Å². The minimum Gasteiger partial charge on any atom is -0.378 e. The summed E-state index contributed by atoms with van der Waals surface area (Å²) >= 11 is 0. The Bertz CT molecular complexity index is 1160. The third-order valence-corrected chi connectivity index (χ3v) is 7.17. The number of hydrogen-bond donors (Lipinski definition) is 1. The Morgan fingerprint density at radius 2 is 1.85 bits per heavy atom. The van der Waals surface area contributed by atoms with Crippen molar-refractivity contribution in [3.05, 3.63) is 48.4 Å². The zero-order valence-electron chi connectivity index (χ0n) is 19.7. The first kappa shape index (κ1) is 21.2. The highest BCUT2D eigenvalue weighted by Crippen LogP contribution is 2.36. The molecule has 0 amide bonds. The smallest absolute Gasteiger partial charge is 0.227 e. The van der Waals surface area contributed by atoms with Crippen molar-refractivity contribution in [2.75, 3.05) is 61.6 Å². The van der Waals surface area contributed by atoms with E-state index in [0.717, 1.165) is 62.3 Å². The van der Waals surface area contributed by atoms with Crippen LogP contribution in [0.3, 0.4) is 0 Å². The summed E-state index contributed by atoms with van der Waals surface area (Å²) in [5.41, 5.74) is 5.04. The van der Waals surface area contributed by atoms with Crippen LogP contribution in [0.4, 0.5) is 23.1 Å². The van der Waals surface area contributed by atoms with Crippen LogP contribution in [0.5, 0.6) is 0 Å². The predicted molar refractivity (Wildman–Crippen MR) is 133 cm³/mol. The first-order chi connectivity index (χ1) is 16.6. The molecule has 3 fully saturated rings. The summed E-state index contributed by atoms with van der Waals surface area (Å²) < 4.78 is 5.41. The maximum absolute atomic E-state index is 5.41. The second kappa shape index (κ2) is 8.81.